The highest BCUT2D eigenvalue weighted by atomic mass is 16.7. The molecule has 0 saturated heterocycles. The van der Waals surface area contributed by atoms with Gasteiger partial charge in [0.15, 0.2) is 6.29 Å². The lowest BCUT2D eigenvalue weighted by Gasteiger charge is -2.42. The quantitative estimate of drug-likeness (QED) is 0.779. The number of anilines is 1. The summed E-state index contributed by atoms with van der Waals surface area (Å²) < 4.78 is 10.7. The van der Waals surface area contributed by atoms with Crippen molar-refractivity contribution in [2.75, 3.05) is 32.7 Å². The van der Waals surface area contributed by atoms with Crippen LogP contribution >= 0.6 is 0 Å². The standard InChI is InChI=1S/C16H28N2O2/c1-12-7-8-14(13(2)9-12)18(4)16(3,11-17)10-15(19-5)20-6/h7-9,15H,10-11,17H2,1-6H3. The number of likely N-dealkylation sites (N-methyl/N-ethyl adjacent to an activating group) is 1. The van der Waals surface area contributed by atoms with Crippen LogP contribution in [0.3, 0.4) is 0 Å². The molecule has 0 fully saturated rings. The van der Waals surface area contributed by atoms with Crippen LogP contribution in [0.4, 0.5) is 5.69 Å². The summed E-state index contributed by atoms with van der Waals surface area (Å²) in [5.41, 5.74) is 9.51. The number of aryl methyl sites for hydroxylation is 2. The van der Waals surface area contributed by atoms with Gasteiger partial charge in [0, 0.05) is 39.9 Å². The monoisotopic (exact) mass is 280 g/mol. The van der Waals surface area contributed by atoms with Gasteiger partial charge in [-0.15, -0.1) is 0 Å². The van der Waals surface area contributed by atoms with Gasteiger partial charge in [-0.2, -0.15) is 0 Å². The van der Waals surface area contributed by atoms with Crippen molar-refractivity contribution in [3.05, 3.63) is 29.3 Å². The van der Waals surface area contributed by atoms with Crippen LogP contribution in [-0.4, -0.2) is 39.6 Å². The zero-order valence-electron chi connectivity index (χ0n) is 13.6. The maximum atomic E-state index is 6.03. The Morgan fingerprint density at radius 1 is 1.25 bits per heavy atom. The summed E-state index contributed by atoms with van der Waals surface area (Å²) in [4.78, 5) is 2.23. The molecule has 20 heavy (non-hydrogen) atoms. The highest BCUT2D eigenvalue weighted by molar-refractivity contribution is 5.55. The van der Waals surface area contributed by atoms with E-state index >= 15 is 0 Å². The first kappa shape index (κ1) is 17.0. The third kappa shape index (κ3) is 3.72. The summed E-state index contributed by atoms with van der Waals surface area (Å²) in [6.45, 7) is 6.89. The highest BCUT2D eigenvalue weighted by Crippen LogP contribution is 2.29. The van der Waals surface area contributed by atoms with Gasteiger partial charge in [0.2, 0.25) is 0 Å². The van der Waals surface area contributed by atoms with Gasteiger partial charge in [-0.05, 0) is 32.4 Å². The molecule has 0 aliphatic heterocycles. The highest BCUT2D eigenvalue weighted by Gasteiger charge is 2.32. The van der Waals surface area contributed by atoms with Crippen LogP contribution in [0.5, 0.6) is 0 Å². The number of nitrogens with two attached hydrogens (primary N) is 1. The second kappa shape index (κ2) is 7.07. The van der Waals surface area contributed by atoms with E-state index in [1.165, 1.54) is 16.8 Å². The first-order valence-electron chi connectivity index (χ1n) is 6.94. The molecule has 1 aromatic carbocycles. The van der Waals surface area contributed by atoms with E-state index < -0.39 is 0 Å². The number of nitrogens with zero attached hydrogens (tertiary/aromatic N) is 1. The number of rotatable bonds is 7. The summed E-state index contributed by atoms with van der Waals surface area (Å²) in [7, 11) is 5.39. The SMILES string of the molecule is COC(CC(C)(CN)N(C)c1ccc(C)cc1C)OC. The molecule has 0 amide bonds. The molecule has 1 atom stereocenters. The Bertz CT molecular complexity index is 432. The maximum Gasteiger partial charge on any atom is 0.159 e. The van der Waals surface area contributed by atoms with E-state index in [9.17, 15) is 0 Å². The molecule has 0 aliphatic carbocycles. The fraction of sp³-hybridized carbons (Fsp3) is 0.625. The van der Waals surface area contributed by atoms with Crippen LogP contribution in [0.2, 0.25) is 0 Å². The minimum atomic E-state index is -0.253. The van der Waals surface area contributed by atoms with E-state index in [1.807, 2.05) is 0 Å². The van der Waals surface area contributed by atoms with Crippen molar-refractivity contribution in [2.24, 2.45) is 5.73 Å². The van der Waals surface area contributed by atoms with Crippen molar-refractivity contribution >= 4 is 5.69 Å². The Hall–Kier alpha value is -1.10. The predicted molar refractivity (Wildman–Crippen MR) is 84.2 cm³/mol. The van der Waals surface area contributed by atoms with Crippen molar-refractivity contribution in [1.29, 1.82) is 0 Å². The number of ether oxygens (including phenoxy) is 2. The van der Waals surface area contributed by atoms with Crippen molar-refractivity contribution in [1.82, 2.24) is 0 Å². The first-order valence-corrected chi connectivity index (χ1v) is 6.94. The molecule has 0 saturated carbocycles. The van der Waals surface area contributed by atoms with Gasteiger partial charge in [-0.1, -0.05) is 17.7 Å². The second-order valence-corrected chi connectivity index (χ2v) is 5.66. The lowest BCUT2D eigenvalue weighted by Crippen LogP contribution is -2.52. The van der Waals surface area contributed by atoms with Crippen molar-refractivity contribution in [3.63, 3.8) is 0 Å². The van der Waals surface area contributed by atoms with Gasteiger partial charge in [-0.25, -0.2) is 0 Å². The summed E-state index contributed by atoms with van der Waals surface area (Å²) in [6.07, 6.45) is 0.456. The predicted octanol–water partition coefficient (Wildman–Crippen LogP) is 2.47. The van der Waals surface area contributed by atoms with Crippen molar-refractivity contribution < 1.29 is 9.47 Å². The Morgan fingerprint density at radius 3 is 2.30 bits per heavy atom. The fourth-order valence-electron chi connectivity index (χ4n) is 2.45. The third-order valence-electron chi connectivity index (χ3n) is 4.10. The number of methoxy groups -OCH3 is 2. The summed E-state index contributed by atoms with van der Waals surface area (Å²) in [5.74, 6) is 0. The first-order chi connectivity index (χ1) is 9.37. The van der Waals surface area contributed by atoms with E-state index in [2.05, 4.69) is 50.9 Å². The number of hydrogen-bond acceptors (Lipinski definition) is 4. The van der Waals surface area contributed by atoms with Gasteiger partial charge in [0.05, 0.1) is 5.54 Å². The molecule has 0 heterocycles. The summed E-state index contributed by atoms with van der Waals surface area (Å²) in [6, 6.07) is 6.46. The van der Waals surface area contributed by atoms with Crippen LogP contribution in [0.1, 0.15) is 24.5 Å². The average Bonchev–Trinajstić information content (AvgIpc) is 2.43. The smallest absolute Gasteiger partial charge is 0.159 e. The largest absolute Gasteiger partial charge is 0.368 e. The van der Waals surface area contributed by atoms with Crippen LogP contribution in [-0.2, 0) is 9.47 Å². The molecule has 0 spiro atoms. The van der Waals surface area contributed by atoms with Gasteiger partial charge < -0.3 is 20.1 Å². The molecular formula is C16H28N2O2. The van der Waals surface area contributed by atoms with E-state index in [4.69, 9.17) is 15.2 Å². The number of benzene rings is 1. The fourth-order valence-corrected chi connectivity index (χ4v) is 2.45. The van der Waals surface area contributed by atoms with Crippen LogP contribution in [0.15, 0.2) is 18.2 Å². The maximum absolute atomic E-state index is 6.03. The molecule has 0 aliphatic rings. The molecule has 2 N–H and O–H groups in total. The summed E-state index contributed by atoms with van der Waals surface area (Å²) >= 11 is 0. The lowest BCUT2D eigenvalue weighted by molar-refractivity contribution is -0.115. The molecule has 1 unspecified atom stereocenters. The topological polar surface area (TPSA) is 47.7 Å². The minimum absolute atomic E-state index is 0.225. The van der Waals surface area contributed by atoms with E-state index in [0.29, 0.717) is 13.0 Å². The Labute approximate surface area is 122 Å². The average molecular weight is 280 g/mol. The van der Waals surface area contributed by atoms with Crippen molar-refractivity contribution in [3.8, 4) is 0 Å². The molecule has 1 aromatic rings. The van der Waals surface area contributed by atoms with Crippen molar-refractivity contribution in [2.45, 2.75) is 39.0 Å². The zero-order valence-corrected chi connectivity index (χ0v) is 13.6. The molecule has 1 rings (SSSR count). The van der Waals surface area contributed by atoms with E-state index in [1.54, 1.807) is 14.2 Å². The molecule has 0 aromatic heterocycles. The molecular weight excluding hydrogens is 252 g/mol. The van der Waals surface area contributed by atoms with Gasteiger partial charge >= 0.3 is 0 Å². The second-order valence-electron chi connectivity index (χ2n) is 5.66. The van der Waals surface area contributed by atoms with E-state index in [0.717, 1.165) is 0 Å². The molecule has 0 radical (unpaired) electrons. The van der Waals surface area contributed by atoms with Crippen LogP contribution < -0.4 is 10.6 Å². The molecule has 4 nitrogen and oxygen atoms in total. The van der Waals surface area contributed by atoms with E-state index in [-0.39, 0.29) is 11.8 Å². The van der Waals surface area contributed by atoms with Crippen LogP contribution in [0, 0.1) is 13.8 Å². The Morgan fingerprint density at radius 2 is 1.85 bits per heavy atom. The molecule has 0 bridgehead atoms. The summed E-state index contributed by atoms with van der Waals surface area (Å²) in [5, 5.41) is 0. The molecule has 114 valence electrons. The van der Waals surface area contributed by atoms with Crippen LogP contribution in [0.25, 0.3) is 0 Å². The minimum Gasteiger partial charge on any atom is -0.368 e. The lowest BCUT2D eigenvalue weighted by atomic mass is 9.93. The number of hydrogen-bond donors (Lipinski definition) is 1. The Kier molecular flexibility index (Phi) is 5.99. The van der Waals surface area contributed by atoms with Gasteiger partial charge in [-0.3, -0.25) is 0 Å². The zero-order chi connectivity index (χ0) is 15.3. The normalized spacial score (nSPS) is 14.4. The van der Waals surface area contributed by atoms with Gasteiger partial charge in [0.25, 0.3) is 0 Å². The Balaban J connectivity index is 3.03. The molecule has 4 heteroatoms. The van der Waals surface area contributed by atoms with Gasteiger partial charge in [0.1, 0.15) is 0 Å². The third-order valence-corrected chi connectivity index (χ3v) is 4.10.